The molecule has 2 heterocycles. The van der Waals surface area contributed by atoms with Gasteiger partial charge < -0.3 is 9.30 Å². The van der Waals surface area contributed by atoms with Gasteiger partial charge in [0.1, 0.15) is 6.54 Å². The third kappa shape index (κ3) is 3.38. The van der Waals surface area contributed by atoms with Crippen LogP contribution in [0.3, 0.4) is 0 Å². The van der Waals surface area contributed by atoms with E-state index in [0.717, 1.165) is 27.7 Å². The molecular weight excluding hydrogens is 424 g/mol. The molecule has 5 rings (SSSR count). The predicted octanol–water partition coefficient (Wildman–Crippen LogP) is 1.43. The Morgan fingerprint density at radius 1 is 1.00 bits per heavy atom. The van der Waals surface area contributed by atoms with Crippen LogP contribution in [0.15, 0.2) is 58.4 Å². The van der Waals surface area contributed by atoms with Gasteiger partial charge >= 0.3 is 11.7 Å². The standard InChI is InChI=1S/C24H20N4O5/c1-26-22-21(23(31)27(2)24(26)32)28(13-25-22)11-20(30)33-12-19(29)16-8-7-15-9-14-5-3-4-6-17(14)18(15)10-16/h3-8,10,13H,9,11-12H2,1-2H3. The minimum atomic E-state index is -0.690. The zero-order valence-corrected chi connectivity index (χ0v) is 18.1. The summed E-state index contributed by atoms with van der Waals surface area (Å²) in [5.74, 6) is -1.01. The largest absolute Gasteiger partial charge is 0.456 e. The molecule has 0 saturated carbocycles. The Labute approximate surface area is 187 Å². The van der Waals surface area contributed by atoms with Gasteiger partial charge in [0, 0.05) is 19.7 Å². The fraction of sp³-hybridized carbons (Fsp3) is 0.208. The van der Waals surface area contributed by atoms with E-state index in [1.54, 1.807) is 6.07 Å². The molecule has 9 heteroatoms. The Bertz CT molecular complexity index is 1570. The summed E-state index contributed by atoms with van der Waals surface area (Å²) in [6, 6.07) is 13.6. The van der Waals surface area contributed by atoms with Crippen LogP contribution < -0.4 is 11.2 Å². The van der Waals surface area contributed by atoms with E-state index in [4.69, 9.17) is 4.74 Å². The molecule has 1 aliphatic rings. The van der Waals surface area contributed by atoms with Crippen LogP contribution in [0.1, 0.15) is 21.5 Å². The van der Waals surface area contributed by atoms with Gasteiger partial charge in [-0.1, -0.05) is 36.4 Å². The van der Waals surface area contributed by atoms with Crippen LogP contribution in [-0.4, -0.2) is 37.0 Å². The van der Waals surface area contributed by atoms with E-state index in [0.29, 0.717) is 5.56 Å². The maximum absolute atomic E-state index is 12.7. The van der Waals surface area contributed by atoms with Crippen molar-refractivity contribution in [1.82, 2.24) is 18.7 Å². The predicted molar refractivity (Wildman–Crippen MR) is 120 cm³/mol. The molecule has 9 nitrogen and oxygen atoms in total. The fourth-order valence-corrected chi connectivity index (χ4v) is 4.23. The van der Waals surface area contributed by atoms with Crippen molar-refractivity contribution in [3.05, 3.63) is 86.3 Å². The summed E-state index contributed by atoms with van der Waals surface area (Å²) >= 11 is 0. The Morgan fingerprint density at radius 3 is 2.58 bits per heavy atom. The molecule has 0 amide bonds. The highest BCUT2D eigenvalue weighted by molar-refractivity contribution is 5.99. The number of fused-ring (bicyclic) bond motifs is 4. The van der Waals surface area contributed by atoms with Crippen LogP contribution in [0.4, 0.5) is 0 Å². The van der Waals surface area contributed by atoms with Crippen molar-refractivity contribution in [1.29, 1.82) is 0 Å². The lowest BCUT2D eigenvalue weighted by Gasteiger charge is -2.08. The van der Waals surface area contributed by atoms with Gasteiger partial charge in [-0.25, -0.2) is 9.78 Å². The number of carbonyl (C=O) groups is 2. The van der Waals surface area contributed by atoms with Crippen LogP contribution in [0.2, 0.25) is 0 Å². The highest BCUT2D eigenvalue weighted by Crippen LogP contribution is 2.36. The average molecular weight is 444 g/mol. The summed E-state index contributed by atoms with van der Waals surface area (Å²) in [7, 11) is 2.85. The van der Waals surface area contributed by atoms with E-state index in [-0.39, 0.29) is 23.5 Å². The normalized spacial score (nSPS) is 11.9. The summed E-state index contributed by atoms with van der Waals surface area (Å²) in [5.41, 5.74) is 4.19. The SMILES string of the molecule is Cn1c(=O)c2c(ncn2CC(=O)OCC(=O)c2ccc3c(c2)-c2ccccc2C3)n(C)c1=O. The molecule has 2 aromatic heterocycles. The maximum Gasteiger partial charge on any atom is 0.332 e. The summed E-state index contributed by atoms with van der Waals surface area (Å²) in [6.07, 6.45) is 2.13. The molecular formula is C24H20N4O5. The number of benzene rings is 2. The number of hydrogen-bond donors (Lipinski definition) is 0. The lowest BCUT2D eigenvalue weighted by atomic mass is 10.0. The Balaban J connectivity index is 1.31. The second-order valence-corrected chi connectivity index (χ2v) is 8.04. The van der Waals surface area contributed by atoms with Gasteiger partial charge in [0.2, 0.25) is 0 Å². The zero-order chi connectivity index (χ0) is 23.3. The zero-order valence-electron chi connectivity index (χ0n) is 18.1. The van der Waals surface area contributed by atoms with Crippen molar-refractivity contribution >= 4 is 22.9 Å². The number of ketones is 1. The number of ether oxygens (including phenoxy) is 1. The molecule has 0 aliphatic heterocycles. The molecule has 166 valence electrons. The smallest absolute Gasteiger partial charge is 0.332 e. The van der Waals surface area contributed by atoms with E-state index >= 15 is 0 Å². The number of carbonyl (C=O) groups excluding carboxylic acids is 2. The molecule has 0 unspecified atom stereocenters. The van der Waals surface area contributed by atoms with Gasteiger partial charge in [-0.2, -0.15) is 0 Å². The van der Waals surface area contributed by atoms with Gasteiger partial charge in [0.05, 0.1) is 6.33 Å². The van der Waals surface area contributed by atoms with Gasteiger partial charge in [-0.05, 0) is 34.7 Å². The first-order chi connectivity index (χ1) is 15.8. The molecule has 0 spiro atoms. The highest BCUT2D eigenvalue weighted by Gasteiger charge is 2.21. The lowest BCUT2D eigenvalue weighted by molar-refractivity contribution is -0.143. The van der Waals surface area contributed by atoms with Crippen LogP contribution in [0, 0.1) is 0 Å². The molecule has 0 radical (unpaired) electrons. The Morgan fingerprint density at radius 2 is 1.76 bits per heavy atom. The average Bonchev–Trinajstić information content (AvgIpc) is 3.41. The van der Waals surface area contributed by atoms with E-state index in [9.17, 15) is 19.2 Å². The van der Waals surface area contributed by atoms with Crippen LogP contribution in [-0.2, 0) is 36.6 Å². The van der Waals surface area contributed by atoms with Gasteiger partial charge in [0.25, 0.3) is 5.56 Å². The Hall–Kier alpha value is -4.27. The molecule has 0 saturated heterocycles. The summed E-state index contributed by atoms with van der Waals surface area (Å²) in [5, 5.41) is 0. The number of nitrogens with zero attached hydrogens (tertiary/aromatic N) is 4. The third-order valence-corrected chi connectivity index (χ3v) is 6.00. The van der Waals surface area contributed by atoms with E-state index in [2.05, 4.69) is 11.1 Å². The first-order valence-corrected chi connectivity index (χ1v) is 10.4. The van der Waals surface area contributed by atoms with Crippen molar-refractivity contribution in [2.45, 2.75) is 13.0 Å². The monoisotopic (exact) mass is 444 g/mol. The molecule has 0 bridgehead atoms. The number of esters is 1. The highest BCUT2D eigenvalue weighted by atomic mass is 16.5. The van der Waals surface area contributed by atoms with Crippen molar-refractivity contribution in [3.63, 3.8) is 0 Å². The number of imidazole rings is 1. The van der Waals surface area contributed by atoms with Crippen molar-refractivity contribution in [2.24, 2.45) is 14.1 Å². The van der Waals surface area contributed by atoms with Gasteiger partial charge in [-0.15, -0.1) is 0 Å². The molecule has 33 heavy (non-hydrogen) atoms. The van der Waals surface area contributed by atoms with Crippen LogP contribution in [0.5, 0.6) is 0 Å². The summed E-state index contributed by atoms with van der Waals surface area (Å²) in [6.45, 7) is -0.725. The van der Waals surface area contributed by atoms with Crippen LogP contribution in [0.25, 0.3) is 22.3 Å². The molecule has 0 N–H and O–H groups in total. The molecule has 0 atom stereocenters. The van der Waals surface area contributed by atoms with Crippen molar-refractivity contribution in [2.75, 3.05) is 6.61 Å². The minimum absolute atomic E-state index is 0.111. The second-order valence-electron chi connectivity index (χ2n) is 8.04. The Kier molecular flexibility index (Phi) is 4.81. The van der Waals surface area contributed by atoms with Crippen LogP contribution >= 0.6 is 0 Å². The summed E-state index contributed by atoms with van der Waals surface area (Å²) in [4.78, 5) is 53.6. The van der Waals surface area contributed by atoms with E-state index in [1.807, 2.05) is 30.3 Å². The minimum Gasteiger partial charge on any atom is -0.456 e. The number of hydrogen-bond acceptors (Lipinski definition) is 6. The first-order valence-electron chi connectivity index (χ1n) is 10.4. The number of aromatic nitrogens is 4. The molecule has 0 fully saturated rings. The first kappa shape index (κ1) is 20.6. The quantitative estimate of drug-likeness (QED) is 0.300. The second kappa shape index (κ2) is 7.70. The lowest BCUT2D eigenvalue weighted by Crippen LogP contribution is -2.37. The van der Waals surface area contributed by atoms with Gasteiger partial charge in [0.15, 0.2) is 23.6 Å². The van der Waals surface area contributed by atoms with E-state index < -0.39 is 23.8 Å². The fourth-order valence-electron chi connectivity index (χ4n) is 4.23. The van der Waals surface area contributed by atoms with Gasteiger partial charge in [-0.3, -0.25) is 23.5 Å². The number of rotatable bonds is 5. The molecule has 1 aliphatic carbocycles. The van der Waals surface area contributed by atoms with Crippen molar-refractivity contribution in [3.8, 4) is 11.1 Å². The van der Waals surface area contributed by atoms with Crippen molar-refractivity contribution < 1.29 is 14.3 Å². The molecule has 4 aromatic rings. The molecule has 2 aromatic carbocycles. The third-order valence-electron chi connectivity index (χ3n) is 6.00. The number of Topliss-reactive ketones (excluding diaryl/α,β-unsaturated/α-hetero) is 1. The summed E-state index contributed by atoms with van der Waals surface area (Å²) < 4.78 is 8.67. The van der Waals surface area contributed by atoms with E-state index in [1.165, 1.54) is 35.1 Å². The topological polar surface area (TPSA) is 105 Å². The maximum atomic E-state index is 12.7. The number of aryl methyl sites for hydroxylation is 1.